The average Bonchev–Trinajstić information content (AvgIpc) is 2.39. The molecule has 0 aromatic rings. The molecule has 1 heterocycles. The molecular formula is C8H13N5O2. The minimum Gasteiger partial charge on any atom is -0.351 e. The summed E-state index contributed by atoms with van der Waals surface area (Å²) >= 11 is 0. The number of urea groups is 1. The molecule has 7 heteroatoms. The lowest BCUT2D eigenvalue weighted by Gasteiger charge is -2.03. The third-order valence-corrected chi connectivity index (χ3v) is 1.78. The summed E-state index contributed by atoms with van der Waals surface area (Å²) in [5, 5.41) is 6.31. The maximum atomic E-state index is 11.4. The molecule has 1 rings (SSSR count). The van der Waals surface area contributed by atoms with Crippen molar-refractivity contribution in [2.75, 3.05) is 13.1 Å². The van der Waals surface area contributed by atoms with Gasteiger partial charge in [0.2, 0.25) is 0 Å². The molecule has 0 saturated heterocycles. The number of carbonyl (C=O) groups is 2. The second-order valence-electron chi connectivity index (χ2n) is 3.01. The monoisotopic (exact) mass is 211 g/mol. The number of nitrogens with two attached hydrogens (primary N) is 1. The summed E-state index contributed by atoms with van der Waals surface area (Å²) in [5.41, 5.74) is 7.47. The van der Waals surface area contributed by atoms with Gasteiger partial charge in [-0.1, -0.05) is 0 Å². The molecule has 0 saturated carbocycles. The molecule has 3 amide bonds. The molecule has 0 aromatic heterocycles. The summed E-state index contributed by atoms with van der Waals surface area (Å²) in [6.45, 7) is 2.75. The Balaban J connectivity index is 2.75. The van der Waals surface area contributed by atoms with Crippen LogP contribution in [0.15, 0.2) is 10.1 Å². The van der Waals surface area contributed by atoms with E-state index in [1.54, 1.807) is 6.92 Å². The fourth-order valence-corrected chi connectivity index (χ4v) is 1.10. The molecular weight excluding hydrogens is 198 g/mol. The number of hydrogen-bond acceptors (Lipinski definition) is 4. The molecule has 7 nitrogen and oxygen atoms in total. The van der Waals surface area contributed by atoms with E-state index in [-0.39, 0.29) is 11.6 Å². The van der Waals surface area contributed by atoms with E-state index >= 15 is 0 Å². The van der Waals surface area contributed by atoms with Gasteiger partial charge in [-0.2, -0.15) is 5.10 Å². The smallest absolute Gasteiger partial charge is 0.332 e. The highest BCUT2D eigenvalue weighted by Gasteiger charge is 2.16. The topological polar surface area (TPSA) is 109 Å². The second-order valence-corrected chi connectivity index (χ2v) is 3.01. The minimum atomic E-state index is -0.774. The zero-order valence-electron chi connectivity index (χ0n) is 8.41. The van der Waals surface area contributed by atoms with Crippen LogP contribution >= 0.6 is 0 Å². The van der Waals surface area contributed by atoms with Gasteiger partial charge in [0.15, 0.2) is 0 Å². The van der Waals surface area contributed by atoms with Gasteiger partial charge < -0.3 is 11.1 Å². The van der Waals surface area contributed by atoms with E-state index in [0.29, 0.717) is 18.8 Å². The molecule has 1 aliphatic heterocycles. The molecule has 82 valence electrons. The molecule has 0 spiro atoms. The van der Waals surface area contributed by atoms with Crippen molar-refractivity contribution in [2.24, 2.45) is 15.8 Å². The van der Waals surface area contributed by atoms with E-state index in [2.05, 4.69) is 15.4 Å². The first kappa shape index (κ1) is 11.2. The molecule has 0 unspecified atom stereocenters. The van der Waals surface area contributed by atoms with Crippen LogP contribution in [0.1, 0.15) is 13.3 Å². The van der Waals surface area contributed by atoms with Crippen LogP contribution in [0.4, 0.5) is 4.79 Å². The third kappa shape index (κ3) is 3.37. The van der Waals surface area contributed by atoms with Gasteiger partial charge in [-0.3, -0.25) is 9.79 Å². The standard InChI is InChI=1S/C8H13N5O2/c1-5(12-13-8(9)15)6-7(14)11-4-2-3-10-6/h2-4H2,1H3,(H,11,14)(H3,9,13,15)/b12-5-. The minimum absolute atomic E-state index is 0.237. The molecule has 0 aromatic carbocycles. The van der Waals surface area contributed by atoms with E-state index in [1.807, 2.05) is 5.43 Å². The van der Waals surface area contributed by atoms with E-state index in [4.69, 9.17) is 5.73 Å². The Morgan fingerprint density at radius 1 is 1.67 bits per heavy atom. The molecule has 0 aliphatic carbocycles. The van der Waals surface area contributed by atoms with Crippen LogP contribution in [-0.2, 0) is 4.79 Å². The van der Waals surface area contributed by atoms with Crippen LogP contribution in [0.25, 0.3) is 0 Å². The quantitative estimate of drug-likeness (QED) is 0.402. The fourth-order valence-electron chi connectivity index (χ4n) is 1.10. The normalized spacial score (nSPS) is 17.5. The number of nitrogens with one attached hydrogen (secondary N) is 2. The van der Waals surface area contributed by atoms with Gasteiger partial charge >= 0.3 is 6.03 Å². The van der Waals surface area contributed by atoms with Crippen LogP contribution < -0.4 is 16.5 Å². The number of hydrogen-bond donors (Lipinski definition) is 3. The Bertz CT molecular complexity index is 334. The van der Waals surface area contributed by atoms with Crippen molar-refractivity contribution >= 4 is 23.4 Å². The largest absolute Gasteiger partial charge is 0.351 e. The summed E-state index contributed by atoms with van der Waals surface area (Å²) in [7, 11) is 0. The van der Waals surface area contributed by atoms with E-state index in [0.717, 1.165) is 6.42 Å². The highest BCUT2D eigenvalue weighted by molar-refractivity contribution is 6.66. The Morgan fingerprint density at radius 3 is 3.07 bits per heavy atom. The number of primary amides is 1. The van der Waals surface area contributed by atoms with Crippen LogP contribution in [0.5, 0.6) is 0 Å². The predicted molar refractivity (Wildman–Crippen MR) is 55.8 cm³/mol. The van der Waals surface area contributed by atoms with Crippen molar-refractivity contribution in [1.82, 2.24) is 10.7 Å². The van der Waals surface area contributed by atoms with Gasteiger partial charge in [0, 0.05) is 13.1 Å². The summed E-state index contributed by atoms with van der Waals surface area (Å²) < 4.78 is 0. The van der Waals surface area contributed by atoms with Gasteiger partial charge in [-0.15, -0.1) is 0 Å². The zero-order valence-corrected chi connectivity index (χ0v) is 8.41. The Hall–Kier alpha value is -1.92. The maximum Gasteiger partial charge on any atom is 0.332 e. The van der Waals surface area contributed by atoms with Crippen LogP contribution in [-0.4, -0.2) is 36.5 Å². The Labute approximate surface area is 86.8 Å². The van der Waals surface area contributed by atoms with Crippen LogP contribution in [0.2, 0.25) is 0 Å². The highest BCUT2D eigenvalue weighted by Crippen LogP contribution is 1.93. The lowest BCUT2D eigenvalue weighted by atomic mass is 10.2. The first-order chi connectivity index (χ1) is 7.11. The summed E-state index contributed by atoms with van der Waals surface area (Å²) in [5.74, 6) is -0.278. The Morgan fingerprint density at radius 2 is 2.40 bits per heavy atom. The lowest BCUT2D eigenvalue weighted by Crippen LogP contribution is -2.35. The summed E-state index contributed by atoms with van der Waals surface area (Å²) in [6.07, 6.45) is 0.797. The highest BCUT2D eigenvalue weighted by atomic mass is 16.2. The number of aliphatic imine (C=N–C) groups is 1. The molecule has 0 atom stereocenters. The van der Waals surface area contributed by atoms with Gasteiger partial charge in [-0.25, -0.2) is 10.2 Å². The van der Waals surface area contributed by atoms with E-state index in [9.17, 15) is 9.59 Å². The predicted octanol–water partition coefficient (Wildman–Crippen LogP) is -1.01. The number of nitrogens with zero attached hydrogens (tertiary/aromatic N) is 2. The third-order valence-electron chi connectivity index (χ3n) is 1.78. The molecule has 0 bridgehead atoms. The summed E-state index contributed by atoms with van der Waals surface area (Å²) in [6, 6.07) is -0.774. The second kappa shape index (κ2) is 5.08. The number of carbonyl (C=O) groups excluding carboxylic acids is 2. The van der Waals surface area contributed by atoms with Gasteiger partial charge in [0.1, 0.15) is 5.71 Å². The molecule has 0 radical (unpaired) electrons. The Kier molecular flexibility index (Phi) is 3.78. The van der Waals surface area contributed by atoms with Gasteiger partial charge in [-0.05, 0) is 13.3 Å². The molecule has 4 N–H and O–H groups in total. The van der Waals surface area contributed by atoms with Crippen molar-refractivity contribution < 1.29 is 9.59 Å². The lowest BCUT2D eigenvalue weighted by molar-refractivity contribution is -0.114. The average molecular weight is 211 g/mol. The van der Waals surface area contributed by atoms with Crippen molar-refractivity contribution in [3.63, 3.8) is 0 Å². The summed E-state index contributed by atoms with van der Waals surface area (Å²) in [4.78, 5) is 25.9. The van der Waals surface area contributed by atoms with Crippen molar-refractivity contribution in [3.8, 4) is 0 Å². The SMILES string of the molecule is C/C(=N/NC(N)=O)C1=NCCCNC1=O. The van der Waals surface area contributed by atoms with E-state index < -0.39 is 6.03 Å². The first-order valence-electron chi connectivity index (χ1n) is 4.54. The molecule has 15 heavy (non-hydrogen) atoms. The van der Waals surface area contributed by atoms with E-state index in [1.165, 1.54) is 0 Å². The van der Waals surface area contributed by atoms with Crippen LogP contribution in [0, 0.1) is 0 Å². The van der Waals surface area contributed by atoms with Gasteiger partial charge in [0.25, 0.3) is 5.91 Å². The van der Waals surface area contributed by atoms with Crippen molar-refractivity contribution in [3.05, 3.63) is 0 Å². The van der Waals surface area contributed by atoms with Crippen molar-refractivity contribution in [2.45, 2.75) is 13.3 Å². The van der Waals surface area contributed by atoms with Gasteiger partial charge in [0.05, 0.1) is 5.71 Å². The van der Waals surface area contributed by atoms with Crippen molar-refractivity contribution in [1.29, 1.82) is 0 Å². The van der Waals surface area contributed by atoms with Crippen LogP contribution in [0.3, 0.4) is 0 Å². The maximum absolute atomic E-state index is 11.4. The fraction of sp³-hybridized carbons (Fsp3) is 0.500. The number of hydrazone groups is 1. The first-order valence-corrected chi connectivity index (χ1v) is 4.54. The molecule has 0 fully saturated rings. The molecule has 1 aliphatic rings. The number of rotatable bonds is 2. The number of amides is 3. The zero-order chi connectivity index (χ0) is 11.3.